The molecule has 5 aromatic rings. The highest BCUT2D eigenvalue weighted by molar-refractivity contribution is 5.66. The lowest BCUT2D eigenvalue weighted by Crippen LogP contribution is -1.98. The van der Waals surface area contributed by atoms with Gasteiger partial charge in [0.15, 0.2) is 0 Å². The minimum atomic E-state index is 0.148. The zero-order chi connectivity index (χ0) is 32.4. The van der Waals surface area contributed by atoms with Crippen LogP contribution < -0.4 is 18.9 Å². The van der Waals surface area contributed by atoms with Gasteiger partial charge < -0.3 is 28.4 Å². The van der Waals surface area contributed by atoms with Gasteiger partial charge in [-0.25, -0.2) is 0 Å². The van der Waals surface area contributed by atoms with E-state index < -0.39 is 0 Å². The zero-order valence-electron chi connectivity index (χ0n) is 26.8. The molecule has 2 fully saturated rings. The fourth-order valence-electron chi connectivity index (χ4n) is 5.29. The van der Waals surface area contributed by atoms with Crippen molar-refractivity contribution in [3.05, 3.63) is 103 Å². The molecular formula is C39H39N3O6. The van der Waals surface area contributed by atoms with Crippen LogP contribution >= 0.6 is 0 Å². The molecule has 2 unspecified atom stereocenters. The van der Waals surface area contributed by atoms with E-state index in [0.29, 0.717) is 23.7 Å². The molecule has 2 saturated heterocycles. The van der Waals surface area contributed by atoms with Crippen LogP contribution in [0.2, 0.25) is 0 Å². The predicted octanol–water partition coefficient (Wildman–Crippen LogP) is 8.69. The third kappa shape index (κ3) is 9.53. The van der Waals surface area contributed by atoms with Crippen molar-refractivity contribution in [2.75, 3.05) is 26.4 Å². The van der Waals surface area contributed by atoms with Crippen LogP contribution in [-0.2, 0) is 9.47 Å². The maximum atomic E-state index is 5.90. The van der Waals surface area contributed by atoms with Crippen LogP contribution in [-0.4, -0.2) is 53.6 Å². The van der Waals surface area contributed by atoms with Gasteiger partial charge in [-0.1, -0.05) is 48.5 Å². The summed E-state index contributed by atoms with van der Waals surface area (Å²) in [6.07, 6.45) is 8.95. The normalized spacial score (nSPS) is 16.2. The summed E-state index contributed by atoms with van der Waals surface area (Å²) in [6, 6.07) is 32.1. The van der Waals surface area contributed by atoms with Crippen LogP contribution in [0, 0.1) is 0 Å². The molecule has 1 aromatic heterocycles. The number of benzene rings is 4. The number of aromatic nitrogens is 3. The summed E-state index contributed by atoms with van der Waals surface area (Å²) in [7, 11) is 0. The monoisotopic (exact) mass is 645 g/mol. The average molecular weight is 646 g/mol. The van der Waals surface area contributed by atoms with Crippen LogP contribution in [0.15, 0.2) is 103 Å². The van der Waals surface area contributed by atoms with Crippen LogP contribution in [0.5, 0.6) is 35.0 Å². The van der Waals surface area contributed by atoms with Crippen molar-refractivity contribution in [1.29, 1.82) is 0 Å². The van der Waals surface area contributed by atoms with E-state index in [1.807, 2.05) is 72.8 Å². The second-order valence-electron chi connectivity index (χ2n) is 12.0. The van der Waals surface area contributed by atoms with Crippen LogP contribution in [0.1, 0.15) is 38.5 Å². The van der Waals surface area contributed by atoms with E-state index in [9.17, 15) is 0 Å². The highest BCUT2D eigenvalue weighted by atomic mass is 16.6. The summed E-state index contributed by atoms with van der Waals surface area (Å²) < 4.78 is 34.1. The zero-order valence-corrected chi connectivity index (χ0v) is 26.8. The van der Waals surface area contributed by atoms with Crippen molar-refractivity contribution in [1.82, 2.24) is 15.0 Å². The summed E-state index contributed by atoms with van der Waals surface area (Å²) in [6.45, 7) is 3.28. The first-order chi connectivity index (χ1) is 23.7. The van der Waals surface area contributed by atoms with Gasteiger partial charge >= 0.3 is 12.0 Å². The number of epoxide rings is 2. The Hall–Kier alpha value is -4.99. The molecule has 48 heavy (non-hydrogen) atoms. The largest absolute Gasteiger partial charge is 0.494 e. The number of hydrogen-bond donors (Lipinski definition) is 0. The Labute approximate surface area is 280 Å². The van der Waals surface area contributed by atoms with E-state index in [-0.39, 0.29) is 12.0 Å². The van der Waals surface area contributed by atoms with Gasteiger partial charge in [0, 0.05) is 0 Å². The Bertz CT molecular complexity index is 1600. The quantitative estimate of drug-likeness (QED) is 0.0684. The summed E-state index contributed by atoms with van der Waals surface area (Å²) in [4.78, 5) is 12.6. The topological polar surface area (TPSA) is 101 Å². The van der Waals surface area contributed by atoms with E-state index in [1.54, 1.807) is 0 Å². The Kier molecular flexibility index (Phi) is 10.4. The second-order valence-corrected chi connectivity index (χ2v) is 12.0. The molecule has 0 N–H and O–H groups in total. The lowest BCUT2D eigenvalue weighted by Gasteiger charge is -2.09. The first-order valence-corrected chi connectivity index (χ1v) is 16.7. The first kappa shape index (κ1) is 31.6. The maximum absolute atomic E-state index is 5.90. The minimum absolute atomic E-state index is 0.148. The highest BCUT2D eigenvalue weighted by Crippen LogP contribution is 2.29. The minimum Gasteiger partial charge on any atom is -0.494 e. The van der Waals surface area contributed by atoms with Crippen molar-refractivity contribution < 1.29 is 28.4 Å². The van der Waals surface area contributed by atoms with Crippen LogP contribution in [0.3, 0.4) is 0 Å². The summed E-state index contributed by atoms with van der Waals surface area (Å²) >= 11 is 0. The van der Waals surface area contributed by atoms with E-state index in [2.05, 4.69) is 39.2 Å². The van der Waals surface area contributed by atoms with Crippen molar-refractivity contribution in [3.8, 4) is 57.3 Å². The van der Waals surface area contributed by atoms with Gasteiger partial charge in [-0.2, -0.15) is 9.97 Å². The molecule has 3 heterocycles. The predicted molar refractivity (Wildman–Crippen MR) is 182 cm³/mol. The van der Waals surface area contributed by atoms with Gasteiger partial charge in [0.25, 0.3) is 0 Å². The summed E-state index contributed by atoms with van der Waals surface area (Å²) in [5.74, 6) is 2.97. The second kappa shape index (κ2) is 15.7. The highest BCUT2D eigenvalue weighted by Gasteiger charge is 2.21. The number of hydrogen-bond acceptors (Lipinski definition) is 9. The Morgan fingerprint density at radius 1 is 0.479 bits per heavy atom. The molecule has 2 aliphatic rings. The summed E-state index contributed by atoms with van der Waals surface area (Å²) in [5, 5.41) is 0. The molecule has 0 aliphatic carbocycles. The molecule has 2 aliphatic heterocycles. The Balaban J connectivity index is 0.870. The molecule has 246 valence electrons. The summed E-state index contributed by atoms with van der Waals surface area (Å²) in [5.41, 5.74) is 4.32. The van der Waals surface area contributed by atoms with Crippen molar-refractivity contribution in [2.45, 2.75) is 50.7 Å². The van der Waals surface area contributed by atoms with E-state index in [0.717, 1.165) is 98.7 Å². The van der Waals surface area contributed by atoms with E-state index >= 15 is 0 Å². The van der Waals surface area contributed by atoms with Gasteiger partial charge in [-0.05, 0) is 109 Å². The lowest BCUT2D eigenvalue weighted by molar-refractivity contribution is 0.299. The first-order valence-electron chi connectivity index (χ1n) is 16.7. The van der Waals surface area contributed by atoms with Crippen LogP contribution in [0.4, 0.5) is 0 Å². The molecule has 0 radical (unpaired) electrons. The van der Waals surface area contributed by atoms with Gasteiger partial charge in [-0.3, -0.25) is 0 Å². The smallest absolute Gasteiger partial charge is 0.328 e. The van der Waals surface area contributed by atoms with Gasteiger partial charge in [0.1, 0.15) is 29.3 Å². The number of nitrogens with zero attached hydrogens (tertiary/aromatic N) is 3. The Morgan fingerprint density at radius 2 is 0.833 bits per heavy atom. The van der Waals surface area contributed by atoms with Gasteiger partial charge in [0.05, 0.1) is 38.6 Å². The SMILES string of the molecule is c1nc(Oc2ccc(-c3ccc(OCCCCC4CO4)cc3)cc2)nc(Oc2ccc(-c3ccc(OCCCCC4CO4)cc3)cc2)n1. The molecule has 2 atom stereocenters. The molecule has 0 bridgehead atoms. The van der Waals surface area contributed by atoms with Crippen molar-refractivity contribution in [3.63, 3.8) is 0 Å². The maximum Gasteiger partial charge on any atom is 0.328 e. The number of rotatable bonds is 18. The van der Waals surface area contributed by atoms with E-state index in [4.69, 9.17) is 28.4 Å². The Morgan fingerprint density at radius 3 is 1.19 bits per heavy atom. The molecule has 9 nitrogen and oxygen atoms in total. The molecular weight excluding hydrogens is 606 g/mol. The number of ether oxygens (including phenoxy) is 6. The van der Waals surface area contributed by atoms with Crippen molar-refractivity contribution in [2.24, 2.45) is 0 Å². The standard InChI is InChI=1S/C39H39N3O6/c1(5-36-25-45-36)3-23-43-32-15-7-28(8-16-32)30-11-19-34(20-12-30)47-38-40-27-41-39(42-38)48-35-21-13-31(14-22-35)29-9-17-33(18-10-29)44-24-4-2-6-37-26-46-37/h7-22,27,36-37H,1-6,23-26H2. The molecule has 7 rings (SSSR count). The number of unbranched alkanes of at least 4 members (excludes halogenated alkanes) is 2. The van der Waals surface area contributed by atoms with E-state index in [1.165, 1.54) is 6.33 Å². The molecule has 0 saturated carbocycles. The van der Waals surface area contributed by atoms with Gasteiger partial charge in [0.2, 0.25) is 0 Å². The molecule has 4 aromatic carbocycles. The molecule has 0 spiro atoms. The fraction of sp³-hybridized carbons (Fsp3) is 0.308. The lowest BCUT2D eigenvalue weighted by atomic mass is 10.1. The third-order valence-electron chi connectivity index (χ3n) is 8.21. The van der Waals surface area contributed by atoms with Crippen molar-refractivity contribution >= 4 is 0 Å². The molecule has 0 amide bonds. The third-order valence-corrected chi connectivity index (χ3v) is 8.21. The van der Waals surface area contributed by atoms with Crippen LogP contribution in [0.25, 0.3) is 22.3 Å². The average Bonchev–Trinajstić information content (AvgIpc) is 4.07. The fourth-order valence-corrected chi connectivity index (χ4v) is 5.29. The molecule has 9 heteroatoms. The van der Waals surface area contributed by atoms with Gasteiger partial charge in [-0.15, -0.1) is 4.98 Å².